The van der Waals surface area contributed by atoms with Gasteiger partial charge in [0, 0.05) is 23.5 Å². The smallest absolute Gasteiger partial charge is 0.238 e. The van der Waals surface area contributed by atoms with Gasteiger partial charge in [-0.05, 0) is 65.2 Å². The summed E-state index contributed by atoms with van der Waals surface area (Å²) in [6.07, 6.45) is 3.79. The molecular weight excluding hydrogens is 556 g/mol. The van der Waals surface area contributed by atoms with Crippen LogP contribution in [0.2, 0.25) is 0 Å². The SMILES string of the molecule is COc1ccc(C(=O)[C@H]2[C@@H](C(=O)c3ccc(OC)cc3OC)[C@]3(C(=O)Nc4ccccc43)[C@H]3c4ccccc4C=CN23)cc1. The van der Waals surface area contributed by atoms with Crippen LogP contribution in [0.3, 0.4) is 0 Å². The van der Waals surface area contributed by atoms with E-state index in [1.54, 1.807) is 49.6 Å². The number of Topliss-reactive ketones (excluding diaryl/α,β-unsaturated/α-hetero) is 2. The second-order valence-corrected chi connectivity index (χ2v) is 11.1. The lowest BCUT2D eigenvalue weighted by molar-refractivity contribution is -0.122. The van der Waals surface area contributed by atoms with E-state index in [0.29, 0.717) is 34.1 Å². The van der Waals surface area contributed by atoms with E-state index in [0.717, 1.165) is 11.1 Å². The van der Waals surface area contributed by atoms with E-state index in [1.807, 2.05) is 65.7 Å². The van der Waals surface area contributed by atoms with Crippen molar-refractivity contribution in [1.29, 1.82) is 0 Å². The highest BCUT2D eigenvalue weighted by molar-refractivity contribution is 6.17. The van der Waals surface area contributed by atoms with Crippen LogP contribution in [0.25, 0.3) is 6.08 Å². The molecule has 0 radical (unpaired) electrons. The normalized spacial score (nSPS) is 22.6. The summed E-state index contributed by atoms with van der Waals surface area (Å²) in [6, 6.07) is 25.4. The molecule has 0 unspecified atom stereocenters. The van der Waals surface area contributed by atoms with E-state index in [4.69, 9.17) is 14.2 Å². The molecule has 1 N–H and O–H groups in total. The van der Waals surface area contributed by atoms with Gasteiger partial charge in [-0.15, -0.1) is 0 Å². The van der Waals surface area contributed by atoms with Gasteiger partial charge in [-0.25, -0.2) is 0 Å². The second kappa shape index (κ2) is 10.4. The molecule has 1 fully saturated rings. The lowest BCUT2D eigenvalue weighted by Gasteiger charge is -2.38. The molecule has 1 saturated heterocycles. The minimum Gasteiger partial charge on any atom is -0.497 e. The lowest BCUT2D eigenvalue weighted by Crippen LogP contribution is -2.49. The number of ketones is 2. The van der Waals surface area contributed by atoms with Gasteiger partial charge in [0.1, 0.15) is 28.7 Å². The maximum atomic E-state index is 15.1. The monoisotopic (exact) mass is 586 g/mol. The molecule has 0 saturated carbocycles. The molecule has 0 aliphatic carbocycles. The molecule has 0 aromatic heterocycles. The summed E-state index contributed by atoms with van der Waals surface area (Å²) in [5, 5.41) is 3.07. The number of benzene rings is 4. The molecule has 7 rings (SSSR count). The van der Waals surface area contributed by atoms with Crippen LogP contribution in [0.4, 0.5) is 5.69 Å². The zero-order valence-electron chi connectivity index (χ0n) is 24.4. The number of nitrogens with zero attached hydrogens (tertiary/aromatic N) is 1. The number of hydrogen-bond donors (Lipinski definition) is 1. The molecular formula is C36H30N2O6. The van der Waals surface area contributed by atoms with Crippen LogP contribution < -0.4 is 19.5 Å². The first kappa shape index (κ1) is 27.5. The molecule has 3 heterocycles. The Kier molecular flexibility index (Phi) is 6.50. The van der Waals surface area contributed by atoms with Crippen molar-refractivity contribution in [2.45, 2.75) is 17.5 Å². The van der Waals surface area contributed by atoms with Crippen molar-refractivity contribution in [2.75, 3.05) is 26.6 Å². The topological polar surface area (TPSA) is 94.2 Å². The fraction of sp³-hybridized carbons (Fsp3) is 0.194. The van der Waals surface area contributed by atoms with Crippen molar-refractivity contribution in [2.24, 2.45) is 5.92 Å². The summed E-state index contributed by atoms with van der Waals surface area (Å²) in [5.74, 6) is -0.673. The van der Waals surface area contributed by atoms with Crippen molar-refractivity contribution < 1.29 is 28.6 Å². The quantitative estimate of drug-likeness (QED) is 0.278. The number of fused-ring (bicyclic) bond motifs is 6. The van der Waals surface area contributed by atoms with Gasteiger partial charge in [-0.3, -0.25) is 14.4 Å². The molecule has 220 valence electrons. The standard InChI is InChI=1S/C36H30N2O6/c1-42-23-14-12-22(13-15-23)32(39)31-30(33(40)26-17-16-24(43-2)20-29(26)44-3)36(27-10-6-7-11-28(27)37-35(36)41)34-25-9-5-4-8-21(25)18-19-38(31)34/h4-20,30-31,34H,1-3H3,(H,37,41)/t30-,31+,34+,36-/m0/s1. The van der Waals surface area contributed by atoms with Crippen LogP contribution in [0.1, 0.15) is 43.4 Å². The van der Waals surface area contributed by atoms with Crippen molar-refractivity contribution in [3.8, 4) is 17.2 Å². The average molecular weight is 587 g/mol. The number of para-hydroxylation sites is 1. The predicted molar refractivity (Wildman–Crippen MR) is 165 cm³/mol. The van der Waals surface area contributed by atoms with E-state index >= 15 is 4.79 Å². The van der Waals surface area contributed by atoms with Gasteiger partial charge in [0.2, 0.25) is 5.91 Å². The highest BCUT2D eigenvalue weighted by Crippen LogP contribution is 2.62. The minimum atomic E-state index is -1.44. The van der Waals surface area contributed by atoms with Crippen molar-refractivity contribution in [1.82, 2.24) is 4.90 Å². The number of amides is 1. The summed E-state index contributed by atoms with van der Waals surface area (Å²) in [4.78, 5) is 46.4. The number of ether oxygens (including phenoxy) is 3. The van der Waals surface area contributed by atoms with Crippen LogP contribution in [0.5, 0.6) is 17.2 Å². The first-order valence-electron chi connectivity index (χ1n) is 14.3. The molecule has 3 aliphatic heterocycles. The molecule has 1 amide bonds. The average Bonchev–Trinajstić information content (AvgIpc) is 3.55. The second-order valence-electron chi connectivity index (χ2n) is 11.1. The number of carbonyl (C=O) groups excluding carboxylic acids is 3. The van der Waals surface area contributed by atoms with E-state index in [1.165, 1.54) is 14.2 Å². The Bertz CT molecular complexity index is 1850. The molecule has 4 aromatic rings. The van der Waals surface area contributed by atoms with E-state index in [-0.39, 0.29) is 23.0 Å². The van der Waals surface area contributed by atoms with Gasteiger partial charge in [-0.1, -0.05) is 42.5 Å². The molecule has 44 heavy (non-hydrogen) atoms. The number of hydrogen-bond acceptors (Lipinski definition) is 7. The van der Waals surface area contributed by atoms with Gasteiger partial charge in [-0.2, -0.15) is 0 Å². The van der Waals surface area contributed by atoms with Crippen molar-refractivity contribution >= 4 is 29.2 Å². The molecule has 0 bridgehead atoms. The van der Waals surface area contributed by atoms with Gasteiger partial charge >= 0.3 is 0 Å². The molecule has 1 spiro atoms. The van der Waals surface area contributed by atoms with Crippen molar-refractivity contribution in [3.63, 3.8) is 0 Å². The molecule has 4 aromatic carbocycles. The number of nitrogens with one attached hydrogen (secondary N) is 1. The predicted octanol–water partition coefficient (Wildman–Crippen LogP) is 5.69. The molecule has 3 aliphatic rings. The van der Waals surface area contributed by atoms with Crippen LogP contribution in [-0.4, -0.2) is 49.7 Å². The van der Waals surface area contributed by atoms with Gasteiger partial charge in [0.15, 0.2) is 11.6 Å². The summed E-state index contributed by atoms with van der Waals surface area (Å²) < 4.78 is 16.4. The van der Waals surface area contributed by atoms with Gasteiger partial charge < -0.3 is 24.4 Å². The first-order valence-corrected chi connectivity index (χ1v) is 14.3. The van der Waals surface area contributed by atoms with Gasteiger partial charge in [0.05, 0.1) is 38.9 Å². The van der Waals surface area contributed by atoms with Crippen LogP contribution in [-0.2, 0) is 10.2 Å². The molecule has 8 nitrogen and oxygen atoms in total. The Balaban J connectivity index is 1.52. The number of anilines is 1. The highest BCUT2D eigenvalue weighted by atomic mass is 16.5. The van der Waals surface area contributed by atoms with Crippen molar-refractivity contribution in [3.05, 3.63) is 125 Å². The van der Waals surface area contributed by atoms with Crippen LogP contribution in [0, 0.1) is 5.92 Å². The van der Waals surface area contributed by atoms with Crippen LogP contribution >= 0.6 is 0 Å². The van der Waals surface area contributed by atoms with Gasteiger partial charge in [0.25, 0.3) is 0 Å². The summed E-state index contributed by atoms with van der Waals surface area (Å²) in [7, 11) is 4.58. The fourth-order valence-electron chi connectivity index (χ4n) is 7.26. The molecule has 8 heteroatoms. The Morgan fingerprint density at radius 2 is 1.50 bits per heavy atom. The number of rotatable bonds is 7. The number of methoxy groups -OCH3 is 3. The van der Waals surface area contributed by atoms with Crippen LogP contribution in [0.15, 0.2) is 97.2 Å². The maximum Gasteiger partial charge on any atom is 0.238 e. The maximum absolute atomic E-state index is 15.1. The summed E-state index contributed by atoms with van der Waals surface area (Å²) in [5.41, 5.74) is 2.33. The van der Waals surface area contributed by atoms with E-state index in [2.05, 4.69) is 5.32 Å². The zero-order chi connectivity index (χ0) is 30.6. The Labute approximate surface area is 254 Å². The largest absolute Gasteiger partial charge is 0.497 e. The van der Waals surface area contributed by atoms with E-state index < -0.39 is 23.4 Å². The Morgan fingerprint density at radius 3 is 2.25 bits per heavy atom. The number of carbonyl (C=O) groups is 3. The highest BCUT2D eigenvalue weighted by Gasteiger charge is 2.70. The zero-order valence-corrected chi connectivity index (χ0v) is 24.4. The summed E-state index contributed by atoms with van der Waals surface area (Å²) in [6.45, 7) is 0. The molecule has 4 atom stereocenters. The van der Waals surface area contributed by atoms with E-state index in [9.17, 15) is 9.59 Å². The Morgan fingerprint density at radius 1 is 0.795 bits per heavy atom. The fourth-order valence-corrected chi connectivity index (χ4v) is 7.26. The third-order valence-electron chi connectivity index (χ3n) is 9.17. The lowest BCUT2D eigenvalue weighted by atomic mass is 9.62. The third kappa shape index (κ3) is 3.80. The summed E-state index contributed by atoms with van der Waals surface area (Å²) >= 11 is 0. The third-order valence-corrected chi connectivity index (χ3v) is 9.17. The Hall–Kier alpha value is -5.37. The minimum absolute atomic E-state index is 0.263. The first-order chi connectivity index (χ1) is 21.4.